The normalized spacial score (nSPS) is 15.2. The van der Waals surface area contributed by atoms with Crippen LogP contribution in [0.3, 0.4) is 0 Å². The Morgan fingerprint density at radius 2 is 1.96 bits per heavy atom. The molecule has 2 aromatic carbocycles. The van der Waals surface area contributed by atoms with Crippen molar-refractivity contribution in [1.82, 2.24) is 4.57 Å². The van der Waals surface area contributed by atoms with Gasteiger partial charge in [-0.1, -0.05) is 18.2 Å². The van der Waals surface area contributed by atoms with Crippen molar-refractivity contribution in [1.29, 1.82) is 0 Å². The van der Waals surface area contributed by atoms with Gasteiger partial charge in [-0.3, -0.25) is 4.79 Å². The molecule has 0 amide bonds. The Kier molecular flexibility index (Phi) is 4.04. The number of ketones is 1. The van der Waals surface area contributed by atoms with Crippen LogP contribution in [0.1, 0.15) is 22.8 Å². The molecule has 0 spiro atoms. The molecule has 27 heavy (non-hydrogen) atoms. The fourth-order valence-electron chi connectivity index (χ4n) is 3.19. The zero-order chi connectivity index (χ0) is 19.2. The van der Waals surface area contributed by atoms with Gasteiger partial charge < -0.3 is 13.5 Å². The summed E-state index contributed by atoms with van der Waals surface area (Å²) in [5.74, 6) is 0.337. The van der Waals surface area contributed by atoms with Crippen LogP contribution in [0.4, 0.5) is 0 Å². The number of nitrogens with zero attached hydrogens (tertiary/aromatic N) is 1. The zero-order valence-corrected chi connectivity index (χ0v) is 15.6. The summed E-state index contributed by atoms with van der Waals surface area (Å²) in [5.41, 5.74) is 2.34. The second-order valence-electron chi connectivity index (χ2n) is 6.27. The number of rotatable bonds is 4. The van der Waals surface area contributed by atoms with Gasteiger partial charge in [-0.05, 0) is 31.2 Å². The van der Waals surface area contributed by atoms with Gasteiger partial charge in [0.15, 0.2) is 5.76 Å². The van der Waals surface area contributed by atoms with Gasteiger partial charge in [0.05, 0.1) is 11.8 Å². The molecular formula is C20H17NO5S. The third-order valence-electron chi connectivity index (χ3n) is 4.34. The van der Waals surface area contributed by atoms with E-state index in [-0.39, 0.29) is 23.0 Å². The smallest absolute Gasteiger partial charge is 0.306 e. The average Bonchev–Trinajstić information content (AvgIpc) is 3.12. The molecule has 3 aromatic rings. The molecule has 138 valence electrons. The number of Topliss-reactive ketones (excluding diaryl/α,β-unsaturated/α-hetero) is 1. The molecule has 0 saturated carbocycles. The van der Waals surface area contributed by atoms with E-state index in [1.165, 1.54) is 18.2 Å². The van der Waals surface area contributed by atoms with E-state index in [4.69, 9.17) is 8.92 Å². The fourth-order valence-corrected chi connectivity index (χ4v) is 3.64. The molecule has 0 bridgehead atoms. The van der Waals surface area contributed by atoms with Crippen LogP contribution in [0.25, 0.3) is 17.0 Å². The van der Waals surface area contributed by atoms with Crippen LogP contribution < -0.4 is 8.92 Å². The van der Waals surface area contributed by atoms with Gasteiger partial charge in [0.2, 0.25) is 5.78 Å². The van der Waals surface area contributed by atoms with E-state index in [9.17, 15) is 13.2 Å². The lowest BCUT2D eigenvalue weighted by atomic mass is 10.1. The van der Waals surface area contributed by atoms with Crippen LogP contribution in [-0.4, -0.2) is 25.0 Å². The maximum Gasteiger partial charge on any atom is 0.306 e. The minimum Gasteiger partial charge on any atom is -0.452 e. The number of hydrogen-bond acceptors (Lipinski definition) is 5. The summed E-state index contributed by atoms with van der Waals surface area (Å²) >= 11 is 0. The third kappa shape index (κ3) is 3.21. The Hall–Kier alpha value is -3.06. The van der Waals surface area contributed by atoms with Gasteiger partial charge in [-0.2, -0.15) is 8.42 Å². The summed E-state index contributed by atoms with van der Waals surface area (Å²) < 4.78 is 35.2. The molecule has 0 atom stereocenters. The van der Waals surface area contributed by atoms with Crippen molar-refractivity contribution in [2.75, 3.05) is 6.26 Å². The van der Waals surface area contributed by atoms with Gasteiger partial charge in [-0.25, -0.2) is 0 Å². The van der Waals surface area contributed by atoms with Gasteiger partial charge in [0.25, 0.3) is 0 Å². The zero-order valence-electron chi connectivity index (χ0n) is 14.8. The lowest BCUT2D eigenvalue weighted by Gasteiger charge is -2.03. The molecule has 0 radical (unpaired) electrons. The molecule has 0 saturated heterocycles. The Morgan fingerprint density at radius 1 is 1.19 bits per heavy atom. The van der Waals surface area contributed by atoms with Crippen LogP contribution in [0.5, 0.6) is 11.5 Å². The minimum atomic E-state index is -3.65. The largest absolute Gasteiger partial charge is 0.452 e. The first-order valence-electron chi connectivity index (χ1n) is 8.41. The number of hydrogen-bond donors (Lipinski definition) is 0. The van der Waals surface area contributed by atoms with Crippen LogP contribution >= 0.6 is 0 Å². The van der Waals surface area contributed by atoms with Gasteiger partial charge in [0, 0.05) is 35.3 Å². The van der Waals surface area contributed by atoms with Crippen molar-refractivity contribution in [3.63, 3.8) is 0 Å². The van der Waals surface area contributed by atoms with Crippen LogP contribution in [0, 0.1) is 0 Å². The number of benzene rings is 2. The number of fused-ring (bicyclic) bond motifs is 2. The van der Waals surface area contributed by atoms with Crippen molar-refractivity contribution in [2.45, 2.75) is 13.5 Å². The summed E-state index contributed by atoms with van der Waals surface area (Å²) in [5, 5.41) is 1.03. The van der Waals surface area contributed by atoms with E-state index in [1.54, 1.807) is 6.08 Å². The number of carbonyl (C=O) groups is 1. The molecule has 6 nitrogen and oxygen atoms in total. The van der Waals surface area contributed by atoms with Crippen molar-refractivity contribution in [2.24, 2.45) is 0 Å². The van der Waals surface area contributed by atoms with E-state index < -0.39 is 10.1 Å². The molecule has 2 heterocycles. The molecule has 0 N–H and O–H groups in total. The lowest BCUT2D eigenvalue weighted by Crippen LogP contribution is -2.05. The SMILES string of the molecule is CCn1cc(C=C2Oc3cc(OS(C)(=O)=O)ccc3C2=O)c2ccccc21. The Morgan fingerprint density at radius 3 is 2.70 bits per heavy atom. The molecule has 0 aliphatic carbocycles. The highest BCUT2D eigenvalue weighted by Gasteiger charge is 2.28. The molecule has 1 aliphatic rings. The Labute approximate surface area is 156 Å². The van der Waals surface area contributed by atoms with Crippen molar-refractivity contribution < 1.29 is 22.1 Å². The molecular weight excluding hydrogens is 366 g/mol. The number of para-hydroxylation sites is 1. The van der Waals surface area contributed by atoms with E-state index in [0.29, 0.717) is 5.56 Å². The van der Waals surface area contributed by atoms with Crippen LogP contribution in [-0.2, 0) is 16.7 Å². The molecule has 1 aliphatic heterocycles. The summed E-state index contributed by atoms with van der Waals surface area (Å²) in [6.45, 7) is 2.87. The Bertz CT molecular complexity index is 1200. The molecule has 1 aromatic heterocycles. The number of ether oxygens (including phenoxy) is 1. The molecule has 7 heteroatoms. The van der Waals surface area contributed by atoms with E-state index in [0.717, 1.165) is 29.3 Å². The van der Waals surface area contributed by atoms with Gasteiger partial charge >= 0.3 is 10.1 Å². The first kappa shape index (κ1) is 17.4. The maximum absolute atomic E-state index is 12.7. The summed E-state index contributed by atoms with van der Waals surface area (Å²) in [4.78, 5) is 12.7. The average molecular weight is 383 g/mol. The summed E-state index contributed by atoms with van der Waals surface area (Å²) in [6, 6.07) is 12.3. The van der Waals surface area contributed by atoms with Crippen molar-refractivity contribution in [3.05, 3.63) is 65.5 Å². The van der Waals surface area contributed by atoms with Gasteiger partial charge in [0.1, 0.15) is 11.5 Å². The standard InChI is InChI=1S/C20H17NO5S/c1-3-21-12-13(15-6-4-5-7-17(15)21)10-19-20(22)16-9-8-14(11-18(16)25-19)26-27(2,23)24/h4-12H,3H2,1-2H3. The molecule has 4 rings (SSSR count). The first-order chi connectivity index (χ1) is 12.9. The van der Waals surface area contributed by atoms with Crippen LogP contribution in [0.2, 0.25) is 0 Å². The van der Waals surface area contributed by atoms with Crippen LogP contribution in [0.15, 0.2) is 54.4 Å². The molecule has 0 fully saturated rings. The highest BCUT2D eigenvalue weighted by atomic mass is 32.2. The van der Waals surface area contributed by atoms with Crippen molar-refractivity contribution >= 4 is 32.9 Å². The minimum absolute atomic E-state index is 0.105. The third-order valence-corrected chi connectivity index (χ3v) is 4.83. The first-order valence-corrected chi connectivity index (χ1v) is 10.2. The predicted octanol–water partition coefficient (Wildman–Crippen LogP) is 3.62. The quantitative estimate of drug-likeness (QED) is 0.508. The predicted molar refractivity (Wildman–Crippen MR) is 102 cm³/mol. The Balaban J connectivity index is 1.73. The van der Waals surface area contributed by atoms with Gasteiger partial charge in [-0.15, -0.1) is 0 Å². The monoisotopic (exact) mass is 383 g/mol. The fraction of sp³-hybridized carbons (Fsp3) is 0.150. The second-order valence-corrected chi connectivity index (χ2v) is 7.85. The number of allylic oxidation sites excluding steroid dienone is 1. The van der Waals surface area contributed by atoms with Crippen molar-refractivity contribution in [3.8, 4) is 11.5 Å². The number of carbonyl (C=O) groups excluding carboxylic acids is 1. The lowest BCUT2D eigenvalue weighted by molar-refractivity contribution is 0.101. The highest BCUT2D eigenvalue weighted by Crippen LogP contribution is 2.36. The number of aryl methyl sites for hydroxylation is 1. The maximum atomic E-state index is 12.7. The highest BCUT2D eigenvalue weighted by molar-refractivity contribution is 7.86. The van der Waals surface area contributed by atoms with E-state index in [2.05, 4.69) is 11.5 Å². The summed E-state index contributed by atoms with van der Waals surface area (Å²) in [7, 11) is -3.65. The number of aromatic nitrogens is 1. The second kappa shape index (κ2) is 6.28. The van der Waals surface area contributed by atoms with E-state index >= 15 is 0 Å². The molecule has 0 unspecified atom stereocenters. The van der Waals surface area contributed by atoms with E-state index in [1.807, 2.05) is 30.5 Å². The summed E-state index contributed by atoms with van der Waals surface area (Å²) in [6.07, 6.45) is 4.66. The topological polar surface area (TPSA) is 74.6 Å².